The van der Waals surface area contributed by atoms with Crippen molar-refractivity contribution in [2.75, 3.05) is 11.9 Å². The second-order valence-corrected chi connectivity index (χ2v) is 4.48. The standard InChI is InChI=1S/C16H14FNO3/c1-11-2-5-13(17)8-15(11)18-16(20)10-21-14-6-3-12(9-19)4-7-14/h2-9H,10H2,1H3,(H,18,20). The quantitative estimate of drug-likeness (QED) is 0.860. The number of halogens is 1. The highest BCUT2D eigenvalue weighted by Crippen LogP contribution is 2.16. The van der Waals surface area contributed by atoms with Crippen LogP contribution in [-0.4, -0.2) is 18.8 Å². The van der Waals surface area contributed by atoms with Gasteiger partial charge in [-0.1, -0.05) is 6.07 Å². The molecule has 21 heavy (non-hydrogen) atoms. The summed E-state index contributed by atoms with van der Waals surface area (Å²) < 4.78 is 18.4. The first-order valence-electron chi connectivity index (χ1n) is 6.32. The number of aryl methyl sites for hydroxylation is 1. The molecular formula is C16H14FNO3. The van der Waals surface area contributed by atoms with Crippen molar-refractivity contribution in [2.45, 2.75) is 6.92 Å². The van der Waals surface area contributed by atoms with E-state index in [2.05, 4.69) is 5.32 Å². The van der Waals surface area contributed by atoms with Crippen LogP contribution in [0.25, 0.3) is 0 Å². The van der Waals surface area contributed by atoms with Crippen molar-refractivity contribution in [2.24, 2.45) is 0 Å². The number of carbonyl (C=O) groups excluding carboxylic acids is 2. The van der Waals surface area contributed by atoms with E-state index in [1.165, 1.54) is 12.1 Å². The van der Waals surface area contributed by atoms with Crippen LogP contribution in [0.3, 0.4) is 0 Å². The molecule has 0 bridgehead atoms. The number of anilines is 1. The lowest BCUT2D eigenvalue weighted by atomic mass is 10.2. The van der Waals surface area contributed by atoms with Gasteiger partial charge in [-0.15, -0.1) is 0 Å². The molecule has 2 aromatic rings. The summed E-state index contributed by atoms with van der Waals surface area (Å²) in [5, 5.41) is 2.58. The van der Waals surface area contributed by atoms with Crippen LogP contribution >= 0.6 is 0 Å². The number of benzene rings is 2. The van der Waals surface area contributed by atoms with E-state index >= 15 is 0 Å². The highest BCUT2D eigenvalue weighted by atomic mass is 19.1. The Morgan fingerprint density at radius 2 is 1.95 bits per heavy atom. The lowest BCUT2D eigenvalue weighted by Gasteiger charge is -2.09. The van der Waals surface area contributed by atoms with Gasteiger partial charge in [-0.05, 0) is 48.9 Å². The number of carbonyl (C=O) groups is 2. The lowest BCUT2D eigenvalue weighted by molar-refractivity contribution is -0.118. The van der Waals surface area contributed by atoms with Crippen molar-refractivity contribution in [3.05, 3.63) is 59.4 Å². The number of rotatable bonds is 5. The molecule has 0 aliphatic carbocycles. The molecule has 0 unspecified atom stereocenters. The Morgan fingerprint density at radius 3 is 2.62 bits per heavy atom. The molecule has 0 atom stereocenters. The molecule has 0 heterocycles. The Labute approximate surface area is 121 Å². The molecular weight excluding hydrogens is 273 g/mol. The largest absolute Gasteiger partial charge is 0.484 e. The Kier molecular flexibility index (Phi) is 4.66. The Balaban J connectivity index is 1.92. The fourth-order valence-electron chi connectivity index (χ4n) is 1.71. The number of hydrogen-bond donors (Lipinski definition) is 1. The maximum absolute atomic E-state index is 13.1. The Morgan fingerprint density at radius 1 is 1.24 bits per heavy atom. The van der Waals surface area contributed by atoms with Gasteiger partial charge in [0.05, 0.1) is 0 Å². The average Bonchev–Trinajstić information content (AvgIpc) is 2.49. The van der Waals surface area contributed by atoms with Gasteiger partial charge in [-0.3, -0.25) is 9.59 Å². The molecule has 108 valence electrons. The van der Waals surface area contributed by atoms with E-state index in [-0.39, 0.29) is 12.5 Å². The Bertz CT molecular complexity index is 653. The first-order valence-corrected chi connectivity index (χ1v) is 6.32. The van der Waals surface area contributed by atoms with E-state index in [0.717, 1.165) is 11.8 Å². The smallest absolute Gasteiger partial charge is 0.262 e. The molecule has 0 fully saturated rings. The third kappa shape index (κ3) is 4.14. The summed E-state index contributed by atoms with van der Waals surface area (Å²) in [6.45, 7) is 1.57. The van der Waals surface area contributed by atoms with Crippen molar-refractivity contribution in [1.82, 2.24) is 0 Å². The molecule has 0 radical (unpaired) electrons. The maximum Gasteiger partial charge on any atom is 0.262 e. The molecule has 0 aliphatic heterocycles. The van der Waals surface area contributed by atoms with Crippen LogP contribution in [0, 0.1) is 12.7 Å². The molecule has 4 nitrogen and oxygen atoms in total. The van der Waals surface area contributed by atoms with E-state index in [4.69, 9.17) is 4.74 Å². The number of amides is 1. The number of hydrogen-bond acceptors (Lipinski definition) is 3. The molecule has 1 amide bonds. The minimum atomic E-state index is -0.415. The SMILES string of the molecule is Cc1ccc(F)cc1NC(=O)COc1ccc(C=O)cc1. The summed E-state index contributed by atoms with van der Waals surface area (Å²) in [5.41, 5.74) is 1.71. The third-order valence-corrected chi connectivity index (χ3v) is 2.86. The minimum absolute atomic E-state index is 0.198. The zero-order chi connectivity index (χ0) is 15.2. The summed E-state index contributed by atoms with van der Waals surface area (Å²) in [5.74, 6) is -0.323. The fraction of sp³-hybridized carbons (Fsp3) is 0.125. The zero-order valence-corrected chi connectivity index (χ0v) is 11.4. The normalized spacial score (nSPS) is 10.0. The minimum Gasteiger partial charge on any atom is -0.484 e. The van der Waals surface area contributed by atoms with Crippen LogP contribution in [0.5, 0.6) is 5.75 Å². The molecule has 0 aliphatic rings. The third-order valence-electron chi connectivity index (χ3n) is 2.86. The van der Waals surface area contributed by atoms with Gasteiger partial charge in [-0.25, -0.2) is 4.39 Å². The summed E-state index contributed by atoms with van der Waals surface area (Å²) in [6.07, 6.45) is 0.725. The van der Waals surface area contributed by atoms with Gasteiger partial charge in [0.25, 0.3) is 5.91 Å². The van der Waals surface area contributed by atoms with Crippen LogP contribution in [0.1, 0.15) is 15.9 Å². The molecule has 1 N–H and O–H groups in total. The molecule has 0 aromatic heterocycles. The van der Waals surface area contributed by atoms with Gasteiger partial charge in [0.2, 0.25) is 0 Å². The Hall–Kier alpha value is -2.69. The van der Waals surface area contributed by atoms with Gasteiger partial charge in [0, 0.05) is 11.3 Å². The van der Waals surface area contributed by atoms with Crippen LogP contribution < -0.4 is 10.1 Å². The topological polar surface area (TPSA) is 55.4 Å². The van der Waals surface area contributed by atoms with Crippen LogP contribution in [-0.2, 0) is 4.79 Å². The van der Waals surface area contributed by atoms with E-state index in [1.807, 2.05) is 0 Å². The van der Waals surface area contributed by atoms with Gasteiger partial charge in [-0.2, -0.15) is 0 Å². The molecule has 5 heteroatoms. The van der Waals surface area contributed by atoms with Gasteiger partial charge < -0.3 is 10.1 Å². The molecule has 0 spiro atoms. The average molecular weight is 287 g/mol. The van der Waals surface area contributed by atoms with Crippen LogP contribution in [0.2, 0.25) is 0 Å². The highest BCUT2D eigenvalue weighted by molar-refractivity contribution is 5.92. The first-order chi connectivity index (χ1) is 10.1. The van der Waals surface area contributed by atoms with Gasteiger partial charge in [0.1, 0.15) is 17.9 Å². The van der Waals surface area contributed by atoms with Gasteiger partial charge >= 0.3 is 0 Å². The first kappa shape index (κ1) is 14.7. The molecule has 0 saturated carbocycles. The van der Waals surface area contributed by atoms with Gasteiger partial charge in [0.15, 0.2) is 6.61 Å². The summed E-state index contributed by atoms with van der Waals surface area (Å²) >= 11 is 0. The highest BCUT2D eigenvalue weighted by Gasteiger charge is 2.07. The second-order valence-electron chi connectivity index (χ2n) is 4.48. The van der Waals surface area contributed by atoms with Crippen LogP contribution in [0.15, 0.2) is 42.5 Å². The van der Waals surface area contributed by atoms with E-state index in [1.54, 1.807) is 37.3 Å². The lowest BCUT2D eigenvalue weighted by Crippen LogP contribution is -2.20. The predicted octanol–water partition coefficient (Wildman–Crippen LogP) is 2.96. The fourth-order valence-corrected chi connectivity index (χ4v) is 1.71. The summed E-state index contributed by atoms with van der Waals surface area (Å²) in [7, 11) is 0. The van der Waals surface area contributed by atoms with Crippen molar-refractivity contribution in [3.63, 3.8) is 0 Å². The van der Waals surface area contributed by atoms with E-state index in [0.29, 0.717) is 17.0 Å². The summed E-state index contributed by atoms with van der Waals surface area (Å²) in [4.78, 5) is 22.3. The monoisotopic (exact) mass is 287 g/mol. The molecule has 2 rings (SSSR count). The van der Waals surface area contributed by atoms with Crippen molar-refractivity contribution in [3.8, 4) is 5.75 Å². The van der Waals surface area contributed by atoms with Crippen LogP contribution in [0.4, 0.5) is 10.1 Å². The zero-order valence-electron chi connectivity index (χ0n) is 11.4. The van der Waals surface area contributed by atoms with Crippen molar-refractivity contribution >= 4 is 17.9 Å². The number of ether oxygens (including phenoxy) is 1. The molecule has 0 saturated heterocycles. The summed E-state index contributed by atoms with van der Waals surface area (Å²) in [6, 6.07) is 10.6. The second kappa shape index (κ2) is 6.65. The number of nitrogens with one attached hydrogen (secondary N) is 1. The van der Waals surface area contributed by atoms with E-state index in [9.17, 15) is 14.0 Å². The predicted molar refractivity (Wildman–Crippen MR) is 77.1 cm³/mol. The van der Waals surface area contributed by atoms with Crippen molar-refractivity contribution in [1.29, 1.82) is 0 Å². The van der Waals surface area contributed by atoms with E-state index < -0.39 is 5.82 Å². The molecule has 2 aromatic carbocycles. The van der Waals surface area contributed by atoms with Crippen molar-refractivity contribution < 1.29 is 18.7 Å². The maximum atomic E-state index is 13.1. The number of aldehydes is 1.